The number of carbonyl (C=O) groups is 2. The van der Waals surface area contributed by atoms with Crippen molar-refractivity contribution in [1.82, 2.24) is 29.0 Å². The number of piperidine rings is 1. The summed E-state index contributed by atoms with van der Waals surface area (Å²) < 4.78 is 48.4. The Hall–Kier alpha value is -4.76. The maximum absolute atomic E-state index is 14.8. The Bertz CT molecular complexity index is 2310. The summed E-state index contributed by atoms with van der Waals surface area (Å²) in [7, 11) is 0. The lowest BCUT2D eigenvalue weighted by Gasteiger charge is -2.58. The highest BCUT2D eigenvalue weighted by atomic mass is 35.5. The van der Waals surface area contributed by atoms with E-state index in [0.717, 1.165) is 43.0 Å². The number of anilines is 1. The molecule has 3 fully saturated rings. The van der Waals surface area contributed by atoms with Gasteiger partial charge >= 0.3 is 6.18 Å². The third-order valence-corrected chi connectivity index (χ3v) is 12.4. The van der Waals surface area contributed by atoms with Gasteiger partial charge in [-0.1, -0.05) is 24.6 Å². The number of aromatic hydroxyl groups is 1. The highest BCUT2D eigenvalue weighted by Gasteiger charge is 2.75. The standard InChI is InChI=1S/C36H33ClF3N7O5/c1-34-16-25(34)35(10-12-45(23-7-5-20(23)35)32(51)28-24(48)3-2-11-41-28)27-29(34)46(17-26(49)42-22-6-4-19(15-21(22)37)36(38,39)40)33-43-30(44-47(33)31(27)50)18-8-13-52-14-9-18/h2-4,6,8,11,15,20,23,25,48H,5,7,9-10,12-14,16-17H2,1H3,(H,42,49)/t20-,23+,25-,34?,35-/m0/s1. The molecule has 1 spiro atoms. The van der Waals surface area contributed by atoms with Crippen LogP contribution in [0.1, 0.15) is 72.2 Å². The van der Waals surface area contributed by atoms with Crippen molar-refractivity contribution in [2.45, 2.75) is 68.6 Å². The van der Waals surface area contributed by atoms with E-state index in [9.17, 15) is 32.7 Å². The number of rotatable bonds is 5. The minimum atomic E-state index is -4.60. The number of likely N-dealkylation sites (tertiary alicyclic amines) is 1. The first-order chi connectivity index (χ1) is 24.8. The van der Waals surface area contributed by atoms with E-state index in [-0.39, 0.29) is 63.8 Å². The monoisotopic (exact) mass is 735 g/mol. The predicted octanol–water partition coefficient (Wildman–Crippen LogP) is 4.96. The van der Waals surface area contributed by atoms with Gasteiger partial charge in [-0.15, -0.1) is 5.10 Å². The molecule has 270 valence electrons. The minimum absolute atomic E-state index is 0.00651. The van der Waals surface area contributed by atoms with Gasteiger partial charge in [0.05, 0.1) is 29.5 Å². The highest BCUT2D eigenvalue weighted by Crippen LogP contribution is 2.74. The molecule has 1 unspecified atom stereocenters. The van der Waals surface area contributed by atoms with Crippen LogP contribution in [0.5, 0.6) is 5.75 Å². The SMILES string of the molecule is CC12C[C@@H]1[C@@]1(CCN(C(=O)c3ncccc3O)[C@@H]3CC[C@@H]31)c1c2n(CC(=O)Nc2ccc(C(F)(F)F)cc2Cl)c2nc(C3=CCOCC3)nn2c1=O. The summed E-state index contributed by atoms with van der Waals surface area (Å²) in [4.78, 5) is 53.1. The smallest absolute Gasteiger partial charge is 0.416 e. The molecule has 4 aromatic rings. The van der Waals surface area contributed by atoms with Gasteiger partial charge in [-0.3, -0.25) is 14.4 Å². The second-order valence-corrected chi connectivity index (χ2v) is 15.0. The van der Waals surface area contributed by atoms with Crippen LogP contribution in [0.2, 0.25) is 5.02 Å². The number of hydrogen-bond donors (Lipinski definition) is 2. The number of nitrogens with one attached hydrogen (secondary N) is 1. The van der Waals surface area contributed by atoms with Crippen LogP contribution in [0.25, 0.3) is 11.4 Å². The third kappa shape index (κ3) is 4.70. The van der Waals surface area contributed by atoms with Crippen molar-refractivity contribution in [3.8, 4) is 5.75 Å². The molecule has 0 radical (unpaired) electrons. The Morgan fingerprint density at radius 2 is 2.04 bits per heavy atom. The van der Waals surface area contributed by atoms with Crippen LogP contribution in [0.15, 0.2) is 47.4 Å². The first-order valence-electron chi connectivity index (χ1n) is 17.3. The fraction of sp³-hybridized carbons (Fsp3) is 0.444. The van der Waals surface area contributed by atoms with Crippen molar-refractivity contribution in [1.29, 1.82) is 0 Å². The number of fused-ring (bicyclic) bond motifs is 8. The summed E-state index contributed by atoms with van der Waals surface area (Å²) in [6.07, 6.45) is 2.07. The van der Waals surface area contributed by atoms with Gasteiger partial charge in [0.15, 0.2) is 11.5 Å². The molecule has 2 N–H and O–H groups in total. The van der Waals surface area contributed by atoms with Crippen LogP contribution < -0.4 is 10.9 Å². The van der Waals surface area contributed by atoms with Crippen LogP contribution in [0.3, 0.4) is 0 Å². The Morgan fingerprint density at radius 3 is 2.73 bits per heavy atom. The summed E-state index contributed by atoms with van der Waals surface area (Å²) in [6.45, 7) is 2.98. The molecule has 5 aliphatic rings. The van der Waals surface area contributed by atoms with Crippen molar-refractivity contribution < 1.29 is 32.6 Å². The topological polar surface area (TPSA) is 144 Å². The lowest BCUT2D eigenvalue weighted by Crippen LogP contribution is -2.64. The van der Waals surface area contributed by atoms with E-state index in [2.05, 4.69) is 17.2 Å². The summed E-state index contributed by atoms with van der Waals surface area (Å²) in [5.41, 5.74) is -0.202. The number of halogens is 4. The quantitative estimate of drug-likeness (QED) is 0.293. The molecule has 9 rings (SSSR count). The van der Waals surface area contributed by atoms with E-state index < -0.39 is 28.5 Å². The number of amides is 2. The maximum Gasteiger partial charge on any atom is 0.416 e. The molecular weight excluding hydrogens is 703 g/mol. The fourth-order valence-electron chi connectivity index (χ4n) is 9.57. The Kier molecular flexibility index (Phi) is 7.24. The zero-order valence-corrected chi connectivity index (χ0v) is 28.7. The van der Waals surface area contributed by atoms with E-state index in [4.69, 9.17) is 26.4 Å². The van der Waals surface area contributed by atoms with Crippen molar-refractivity contribution >= 4 is 40.5 Å². The Labute approximate surface area is 299 Å². The van der Waals surface area contributed by atoms with Crippen LogP contribution in [-0.2, 0) is 33.1 Å². The number of carbonyl (C=O) groups excluding carboxylic acids is 2. The van der Waals surface area contributed by atoms with Gasteiger partial charge < -0.3 is 24.6 Å². The van der Waals surface area contributed by atoms with E-state index in [0.29, 0.717) is 49.7 Å². The number of nitrogens with zero attached hydrogens (tertiary/aromatic N) is 6. The van der Waals surface area contributed by atoms with Crippen LogP contribution >= 0.6 is 11.6 Å². The summed E-state index contributed by atoms with van der Waals surface area (Å²) in [5.74, 6) is -0.546. The van der Waals surface area contributed by atoms with Crippen LogP contribution in [0, 0.1) is 11.8 Å². The van der Waals surface area contributed by atoms with Gasteiger partial charge in [0.2, 0.25) is 11.7 Å². The van der Waals surface area contributed by atoms with Gasteiger partial charge in [0, 0.05) is 40.9 Å². The molecule has 3 aromatic heterocycles. The molecule has 2 aliphatic heterocycles. The molecule has 1 aromatic carbocycles. The lowest BCUT2D eigenvalue weighted by atomic mass is 9.54. The van der Waals surface area contributed by atoms with E-state index >= 15 is 0 Å². The molecule has 16 heteroatoms. The molecule has 5 atom stereocenters. The molecule has 1 saturated heterocycles. The van der Waals surface area contributed by atoms with Gasteiger partial charge in [0.1, 0.15) is 12.3 Å². The number of benzene rings is 1. The van der Waals surface area contributed by atoms with Crippen LogP contribution in [-0.4, -0.2) is 71.8 Å². The predicted molar refractivity (Wildman–Crippen MR) is 181 cm³/mol. The lowest BCUT2D eigenvalue weighted by molar-refractivity contribution is -0.137. The largest absolute Gasteiger partial charge is 0.505 e. The van der Waals surface area contributed by atoms with Gasteiger partial charge in [0.25, 0.3) is 11.5 Å². The number of pyridine rings is 1. The molecule has 5 heterocycles. The number of alkyl halides is 3. The van der Waals surface area contributed by atoms with Crippen molar-refractivity contribution in [3.63, 3.8) is 0 Å². The maximum atomic E-state index is 14.8. The Morgan fingerprint density at radius 1 is 1.21 bits per heavy atom. The second-order valence-electron chi connectivity index (χ2n) is 14.6. The van der Waals surface area contributed by atoms with Crippen LogP contribution in [0.4, 0.5) is 18.9 Å². The molecule has 52 heavy (non-hydrogen) atoms. The summed E-state index contributed by atoms with van der Waals surface area (Å²) >= 11 is 6.20. The molecule has 0 bridgehead atoms. The molecule has 12 nitrogen and oxygen atoms in total. The first kappa shape index (κ1) is 33.1. The average Bonchev–Trinajstić information content (AvgIpc) is 3.50. The molecule has 2 amide bonds. The Balaban J connectivity index is 1.15. The average molecular weight is 736 g/mol. The van der Waals surface area contributed by atoms with E-state index in [1.165, 1.54) is 16.8 Å². The highest BCUT2D eigenvalue weighted by molar-refractivity contribution is 6.33. The molecular formula is C36H33ClF3N7O5. The zero-order valence-electron chi connectivity index (χ0n) is 27.9. The second kappa shape index (κ2) is 11.4. The first-order valence-corrected chi connectivity index (χ1v) is 17.6. The third-order valence-electron chi connectivity index (χ3n) is 12.0. The van der Waals surface area contributed by atoms with Gasteiger partial charge in [-0.2, -0.15) is 22.7 Å². The summed E-state index contributed by atoms with van der Waals surface area (Å²) in [5, 5.41) is 17.5. The van der Waals surface area contributed by atoms with Crippen molar-refractivity contribution in [3.05, 3.63) is 86.3 Å². The van der Waals surface area contributed by atoms with E-state index in [1.807, 2.05) is 6.08 Å². The van der Waals surface area contributed by atoms with Gasteiger partial charge in [-0.25, -0.2) is 4.98 Å². The minimum Gasteiger partial charge on any atom is -0.505 e. The zero-order chi connectivity index (χ0) is 36.3. The number of aromatic nitrogens is 5. The normalized spacial score (nSPS) is 27.4. The fourth-order valence-corrected chi connectivity index (χ4v) is 9.80. The van der Waals surface area contributed by atoms with Crippen molar-refractivity contribution in [2.75, 3.05) is 25.1 Å². The summed E-state index contributed by atoms with van der Waals surface area (Å²) in [6, 6.07) is 5.55. The van der Waals surface area contributed by atoms with Gasteiger partial charge in [-0.05, 0) is 79.8 Å². The molecule has 3 aliphatic carbocycles. The molecule has 2 saturated carbocycles. The van der Waals surface area contributed by atoms with Crippen molar-refractivity contribution in [2.24, 2.45) is 11.8 Å². The number of ether oxygens (including phenoxy) is 1. The van der Waals surface area contributed by atoms with E-state index in [1.54, 1.807) is 15.5 Å². The number of hydrogen-bond acceptors (Lipinski definition) is 8.